The van der Waals surface area contributed by atoms with Gasteiger partial charge < -0.3 is 15.0 Å². The number of rotatable bonds is 4. The van der Waals surface area contributed by atoms with Gasteiger partial charge in [0.25, 0.3) is 0 Å². The lowest BCUT2D eigenvalue weighted by Gasteiger charge is -2.32. The van der Waals surface area contributed by atoms with Crippen LogP contribution >= 0.6 is 0 Å². The molecule has 2 heterocycles. The van der Waals surface area contributed by atoms with Gasteiger partial charge in [0.05, 0.1) is 11.5 Å². The van der Waals surface area contributed by atoms with Crippen LogP contribution in [0.15, 0.2) is 30.3 Å². The maximum absolute atomic E-state index is 12.8. The maximum Gasteiger partial charge on any atom is 0.318 e. The van der Waals surface area contributed by atoms with Crippen LogP contribution in [0.1, 0.15) is 24.8 Å². The second-order valence-electron chi connectivity index (χ2n) is 6.51. The van der Waals surface area contributed by atoms with Crippen LogP contribution in [0.2, 0.25) is 0 Å². The molecule has 0 bridgehead atoms. The molecule has 0 radical (unpaired) electrons. The van der Waals surface area contributed by atoms with E-state index in [1.807, 2.05) is 30.3 Å². The first-order valence-corrected chi connectivity index (χ1v) is 10.2. The summed E-state index contributed by atoms with van der Waals surface area (Å²) in [5, 5.41) is 3.06. The number of amides is 2. The first kappa shape index (κ1) is 17.2. The van der Waals surface area contributed by atoms with Crippen molar-refractivity contribution in [3.63, 3.8) is 0 Å². The van der Waals surface area contributed by atoms with E-state index >= 15 is 0 Å². The average molecular weight is 352 g/mol. The lowest BCUT2D eigenvalue weighted by atomic mass is 10.1. The number of carbonyl (C=O) groups is 1. The summed E-state index contributed by atoms with van der Waals surface area (Å²) in [7, 11) is -3.04. The zero-order chi connectivity index (χ0) is 17.0. The summed E-state index contributed by atoms with van der Waals surface area (Å²) >= 11 is 0. The molecule has 132 valence electrons. The Morgan fingerprint density at radius 3 is 2.50 bits per heavy atom. The van der Waals surface area contributed by atoms with Crippen molar-refractivity contribution >= 4 is 15.9 Å². The molecule has 1 N–H and O–H groups in total. The van der Waals surface area contributed by atoms with E-state index in [0.29, 0.717) is 26.2 Å². The monoisotopic (exact) mass is 352 g/mol. The molecule has 0 aromatic heterocycles. The second kappa shape index (κ2) is 7.53. The molecule has 2 aliphatic heterocycles. The fourth-order valence-electron chi connectivity index (χ4n) is 3.27. The Kier molecular flexibility index (Phi) is 5.40. The topological polar surface area (TPSA) is 75.7 Å². The van der Waals surface area contributed by atoms with Crippen LogP contribution in [0.4, 0.5) is 4.79 Å². The summed E-state index contributed by atoms with van der Waals surface area (Å²) < 4.78 is 29.0. The van der Waals surface area contributed by atoms with E-state index in [-0.39, 0.29) is 29.6 Å². The average Bonchev–Trinajstić information content (AvgIpc) is 2.94. The molecule has 7 heteroatoms. The molecule has 2 saturated heterocycles. The van der Waals surface area contributed by atoms with Gasteiger partial charge in [-0.15, -0.1) is 0 Å². The van der Waals surface area contributed by atoms with Crippen LogP contribution in [-0.2, 0) is 21.1 Å². The van der Waals surface area contributed by atoms with Crippen molar-refractivity contribution in [2.24, 2.45) is 0 Å². The van der Waals surface area contributed by atoms with Crippen molar-refractivity contribution in [3.05, 3.63) is 35.9 Å². The predicted molar refractivity (Wildman–Crippen MR) is 91.4 cm³/mol. The molecule has 2 amide bonds. The second-order valence-corrected chi connectivity index (χ2v) is 8.74. The zero-order valence-electron chi connectivity index (χ0n) is 13.7. The number of ether oxygens (including phenoxy) is 1. The van der Waals surface area contributed by atoms with Gasteiger partial charge in [-0.2, -0.15) is 0 Å². The molecular formula is C17H24N2O4S. The Morgan fingerprint density at radius 2 is 1.88 bits per heavy atom. The molecule has 0 unspecified atom stereocenters. The summed E-state index contributed by atoms with van der Waals surface area (Å²) in [5.41, 5.74) is 1.00. The predicted octanol–water partition coefficient (Wildman–Crippen LogP) is 1.56. The number of carbonyl (C=O) groups excluding carboxylic acids is 1. The van der Waals surface area contributed by atoms with Gasteiger partial charge in [0.2, 0.25) is 0 Å². The molecule has 1 aromatic carbocycles. The quantitative estimate of drug-likeness (QED) is 0.892. The highest BCUT2D eigenvalue weighted by atomic mass is 32.2. The molecular weight excluding hydrogens is 328 g/mol. The number of hydrogen-bond acceptors (Lipinski definition) is 4. The van der Waals surface area contributed by atoms with Crippen molar-refractivity contribution in [2.75, 3.05) is 24.7 Å². The van der Waals surface area contributed by atoms with Gasteiger partial charge in [-0.1, -0.05) is 30.3 Å². The van der Waals surface area contributed by atoms with Crippen LogP contribution in [0.3, 0.4) is 0 Å². The first-order valence-electron chi connectivity index (χ1n) is 8.43. The summed E-state index contributed by atoms with van der Waals surface area (Å²) in [4.78, 5) is 14.5. The van der Waals surface area contributed by atoms with E-state index in [9.17, 15) is 13.2 Å². The van der Waals surface area contributed by atoms with Gasteiger partial charge in [0.1, 0.15) is 0 Å². The molecule has 2 aliphatic rings. The van der Waals surface area contributed by atoms with Crippen LogP contribution in [0, 0.1) is 0 Å². The van der Waals surface area contributed by atoms with Gasteiger partial charge in [-0.25, -0.2) is 13.2 Å². The molecule has 0 saturated carbocycles. The summed E-state index contributed by atoms with van der Waals surface area (Å²) in [6.07, 6.45) is 2.11. The SMILES string of the molecule is O=C(NC1CCOCC1)N(Cc1ccccc1)[C@@H]1CCS(=O)(=O)C1. The van der Waals surface area contributed by atoms with Gasteiger partial charge in [0.15, 0.2) is 9.84 Å². The Balaban J connectivity index is 1.72. The number of hydrogen-bond donors (Lipinski definition) is 1. The molecule has 6 nitrogen and oxygen atoms in total. The van der Waals surface area contributed by atoms with Crippen LogP contribution in [0.5, 0.6) is 0 Å². The maximum atomic E-state index is 12.8. The van der Waals surface area contributed by atoms with E-state index in [0.717, 1.165) is 18.4 Å². The summed E-state index contributed by atoms with van der Waals surface area (Å²) in [5.74, 6) is 0.217. The minimum Gasteiger partial charge on any atom is -0.381 e. The number of benzene rings is 1. The fourth-order valence-corrected chi connectivity index (χ4v) is 5.00. The van der Waals surface area contributed by atoms with Crippen LogP contribution in [0.25, 0.3) is 0 Å². The largest absolute Gasteiger partial charge is 0.381 e. The minimum absolute atomic E-state index is 0.0566. The highest BCUT2D eigenvalue weighted by Gasteiger charge is 2.35. The van der Waals surface area contributed by atoms with Gasteiger partial charge in [-0.3, -0.25) is 0 Å². The van der Waals surface area contributed by atoms with Gasteiger partial charge >= 0.3 is 6.03 Å². The number of urea groups is 1. The number of nitrogens with one attached hydrogen (secondary N) is 1. The molecule has 3 rings (SSSR count). The third kappa shape index (κ3) is 4.48. The molecule has 24 heavy (non-hydrogen) atoms. The normalized spacial score (nSPS) is 23.8. The Morgan fingerprint density at radius 1 is 1.17 bits per heavy atom. The van der Waals surface area contributed by atoms with Crippen molar-refractivity contribution in [1.82, 2.24) is 10.2 Å². The van der Waals surface area contributed by atoms with Crippen LogP contribution in [-0.4, -0.2) is 56.2 Å². The molecule has 1 aromatic rings. The number of nitrogens with zero attached hydrogens (tertiary/aromatic N) is 1. The molecule has 1 atom stereocenters. The fraction of sp³-hybridized carbons (Fsp3) is 0.588. The highest BCUT2D eigenvalue weighted by Crippen LogP contribution is 2.21. The van der Waals surface area contributed by atoms with Crippen molar-refractivity contribution in [2.45, 2.75) is 37.9 Å². The zero-order valence-corrected chi connectivity index (χ0v) is 14.5. The van der Waals surface area contributed by atoms with E-state index in [2.05, 4.69) is 5.32 Å². The van der Waals surface area contributed by atoms with Crippen molar-refractivity contribution < 1.29 is 17.9 Å². The lowest BCUT2D eigenvalue weighted by molar-refractivity contribution is 0.0770. The standard InChI is InChI=1S/C17H24N2O4S/c20-17(18-15-6-9-23-10-7-15)19(12-14-4-2-1-3-5-14)16-8-11-24(21,22)13-16/h1-5,15-16H,6-13H2,(H,18,20)/t16-/m1/s1. The van der Waals surface area contributed by atoms with Crippen LogP contribution < -0.4 is 5.32 Å². The third-order valence-electron chi connectivity index (χ3n) is 4.65. The Hall–Kier alpha value is -1.60. The molecule has 2 fully saturated rings. The van der Waals surface area contributed by atoms with Crippen molar-refractivity contribution in [3.8, 4) is 0 Å². The molecule has 0 aliphatic carbocycles. The van der Waals surface area contributed by atoms with E-state index < -0.39 is 9.84 Å². The van der Waals surface area contributed by atoms with Gasteiger partial charge in [-0.05, 0) is 24.8 Å². The highest BCUT2D eigenvalue weighted by molar-refractivity contribution is 7.91. The third-order valence-corrected chi connectivity index (χ3v) is 6.41. The summed E-state index contributed by atoms with van der Waals surface area (Å²) in [6, 6.07) is 9.36. The lowest BCUT2D eigenvalue weighted by Crippen LogP contribution is -2.50. The van der Waals surface area contributed by atoms with E-state index in [4.69, 9.17) is 4.74 Å². The van der Waals surface area contributed by atoms with Gasteiger partial charge in [0, 0.05) is 31.8 Å². The number of sulfone groups is 1. The smallest absolute Gasteiger partial charge is 0.318 e. The molecule has 0 spiro atoms. The van der Waals surface area contributed by atoms with E-state index in [1.54, 1.807) is 4.90 Å². The first-order chi connectivity index (χ1) is 11.5. The Bertz CT molecular complexity index is 656. The Labute approximate surface area is 143 Å². The minimum atomic E-state index is -3.04. The van der Waals surface area contributed by atoms with E-state index in [1.165, 1.54) is 0 Å². The van der Waals surface area contributed by atoms with Crippen molar-refractivity contribution in [1.29, 1.82) is 0 Å². The summed E-state index contributed by atoms with van der Waals surface area (Å²) in [6.45, 7) is 1.74.